The molecule has 2 aromatic carbocycles. The first kappa shape index (κ1) is 17.3. The van der Waals surface area contributed by atoms with Crippen LogP contribution in [0.3, 0.4) is 0 Å². The second-order valence-electron chi connectivity index (χ2n) is 6.45. The van der Waals surface area contributed by atoms with Gasteiger partial charge in [-0.1, -0.05) is 23.7 Å². The van der Waals surface area contributed by atoms with Crippen molar-refractivity contribution in [1.82, 2.24) is 5.32 Å². The summed E-state index contributed by atoms with van der Waals surface area (Å²) in [4.78, 5) is 13.3. The Bertz CT molecular complexity index is 966. The van der Waals surface area contributed by atoms with Gasteiger partial charge >= 0.3 is 0 Å². The molecule has 1 atom stereocenters. The van der Waals surface area contributed by atoms with Crippen molar-refractivity contribution in [1.29, 1.82) is 0 Å². The molecule has 1 N–H and O–H groups in total. The molecule has 1 aromatic heterocycles. The number of fused-ring (bicyclic) bond motifs is 1. The number of amides is 1. The van der Waals surface area contributed by atoms with Crippen LogP contribution in [0.4, 0.5) is 4.39 Å². The Kier molecular flexibility index (Phi) is 4.59. The molecule has 3 aromatic rings. The number of methoxy groups -OCH3 is 1. The molecule has 1 aliphatic carbocycles. The summed E-state index contributed by atoms with van der Waals surface area (Å²) >= 11 is 7.60. The molecule has 0 saturated heterocycles. The van der Waals surface area contributed by atoms with Crippen LogP contribution in [0, 0.1) is 11.7 Å². The van der Waals surface area contributed by atoms with Gasteiger partial charge in [0.25, 0.3) is 5.91 Å². The Morgan fingerprint density at radius 2 is 2.00 bits per heavy atom. The van der Waals surface area contributed by atoms with Gasteiger partial charge in [-0.25, -0.2) is 4.39 Å². The van der Waals surface area contributed by atoms with E-state index in [1.54, 1.807) is 13.2 Å². The van der Waals surface area contributed by atoms with Crippen molar-refractivity contribution < 1.29 is 13.9 Å². The molecule has 1 saturated carbocycles. The van der Waals surface area contributed by atoms with E-state index in [9.17, 15) is 9.18 Å². The Morgan fingerprint density at radius 3 is 2.65 bits per heavy atom. The zero-order valence-electron chi connectivity index (χ0n) is 14.1. The highest BCUT2D eigenvalue weighted by molar-refractivity contribution is 7.21. The number of hydrogen-bond donors (Lipinski definition) is 1. The molecule has 1 amide bonds. The molecule has 1 aliphatic rings. The lowest BCUT2D eigenvalue weighted by molar-refractivity contribution is 0.0936. The van der Waals surface area contributed by atoms with Crippen LogP contribution in [0.25, 0.3) is 10.1 Å². The number of rotatable bonds is 5. The van der Waals surface area contributed by atoms with Crippen molar-refractivity contribution in [3.8, 4) is 5.75 Å². The fourth-order valence-electron chi connectivity index (χ4n) is 3.11. The summed E-state index contributed by atoms with van der Waals surface area (Å²) < 4.78 is 19.3. The second kappa shape index (κ2) is 6.89. The second-order valence-corrected chi connectivity index (χ2v) is 7.88. The van der Waals surface area contributed by atoms with Crippen LogP contribution in [0.1, 0.15) is 34.1 Å². The van der Waals surface area contributed by atoms with Gasteiger partial charge in [-0.3, -0.25) is 4.79 Å². The SMILES string of the molecule is COc1ccc(C(NC(=O)c2sc3cc(F)ccc3c2Cl)C2CC2)cc1. The minimum Gasteiger partial charge on any atom is -0.497 e. The summed E-state index contributed by atoms with van der Waals surface area (Å²) in [6, 6.07) is 12.1. The first-order valence-electron chi connectivity index (χ1n) is 8.39. The van der Waals surface area contributed by atoms with Crippen LogP contribution in [-0.2, 0) is 0 Å². The monoisotopic (exact) mass is 389 g/mol. The lowest BCUT2D eigenvalue weighted by Gasteiger charge is -2.19. The van der Waals surface area contributed by atoms with E-state index in [-0.39, 0.29) is 17.8 Å². The van der Waals surface area contributed by atoms with Gasteiger partial charge in [-0.2, -0.15) is 0 Å². The molecule has 3 nitrogen and oxygen atoms in total. The Balaban J connectivity index is 1.61. The summed E-state index contributed by atoms with van der Waals surface area (Å²) in [6.07, 6.45) is 2.17. The largest absolute Gasteiger partial charge is 0.497 e. The van der Waals surface area contributed by atoms with Crippen LogP contribution in [0.5, 0.6) is 5.75 Å². The molecule has 26 heavy (non-hydrogen) atoms. The molecule has 0 radical (unpaired) electrons. The molecule has 0 spiro atoms. The number of hydrogen-bond acceptors (Lipinski definition) is 3. The van der Waals surface area contributed by atoms with Crippen molar-refractivity contribution >= 4 is 38.9 Å². The van der Waals surface area contributed by atoms with Gasteiger partial charge in [-0.05, 0) is 54.7 Å². The van der Waals surface area contributed by atoms with E-state index in [0.29, 0.717) is 25.9 Å². The number of carbonyl (C=O) groups excluding carboxylic acids is 1. The van der Waals surface area contributed by atoms with Crippen molar-refractivity contribution in [2.45, 2.75) is 18.9 Å². The fourth-order valence-corrected chi connectivity index (χ4v) is 4.55. The molecule has 0 aliphatic heterocycles. The smallest absolute Gasteiger partial charge is 0.263 e. The Hall–Kier alpha value is -2.11. The number of nitrogens with one attached hydrogen (secondary N) is 1. The van der Waals surface area contributed by atoms with Crippen molar-refractivity contribution in [3.63, 3.8) is 0 Å². The van der Waals surface area contributed by atoms with Gasteiger partial charge in [0, 0.05) is 10.1 Å². The van der Waals surface area contributed by atoms with Gasteiger partial charge in [0.2, 0.25) is 0 Å². The molecule has 1 fully saturated rings. The van der Waals surface area contributed by atoms with Gasteiger partial charge in [0.1, 0.15) is 16.4 Å². The van der Waals surface area contributed by atoms with E-state index in [0.717, 1.165) is 24.2 Å². The minimum absolute atomic E-state index is 0.0635. The summed E-state index contributed by atoms with van der Waals surface area (Å²) in [5, 5.41) is 4.20. The third kappa shape index (κ3) is 3.29. The van der Waals surface area contributed by atoms with E-state index >= 15 is 0 Å². The first-order valence-corrected chi connectivity index (χ1v) is 9.58. The third-order valence-electron chi connectivity index (χ3n) is 4.65. The van der Waals surface area contributed by atoms with E-state index in [2.05, 4.69) is 5.32 Å². The van der Waals surface area contributed by atoms with E-state index in [1.165, 1.54) is 23.5 Å². The average molecular weight is 390 g/mol. The summed E-state index contributed by atoms with van der Waals surface area (Å²) in [7, 11) is 1.63. The van der Waals surface area contributed by atoms with Crippen LogP contribution in [-0.4, -0.2) is 13.0 Å². The number of halogens is 2. The van der Waals surface area contributed by atoms with E-state index in [4.69, 9.17) is 16.3 Å². The molecule has 0 bridgehead atoms. The maximum Gasteiger partial charge on any atom is 0.263 e. The molecular formula is C20H17ClFNO2S. The topological polar surface area (TPSA) is 38.3 Å². The predicted octanol–water partition coefficient (Wildman–Crippen LogP) is 5.58. The zero-order valence-corrected chi connectivity index (χ0v) is 15.7. The van der Waals surface area contributed by atoms with Gasteiger partial charge < -0.3 is 10.1 Å². The summed E-state index contributed by atoms with van der Waals surface area (Å²) in [5.74, 6) is 0.655. The van der Waals surface area contributed by atoms with Crippen LogP contribution >= 0.6 is 22.9 Å². The van der Waals surface area contributed by atoms with Gasteiger partial charge in [0.15, 0.2) is 0 Å². The number of benzene rings is 2. The standard InChI is InChI=1S/C20H17ClFNO2S/c1-25-14-7-4-12(5-8-14)18(11-2-3-11)23-20(24)19-17(21)15-9-6-13(22)10-16(15)26-19/h4-11,18H,2-3H2,1H3,(H,23,24). The van der Waals surface area contributed by atoms with E-state index in [1.807, 2.05) is 24.3 Å². The van der Waals surface area contributed by atoms with Crippen LogP contribution in [0.15, 0.2) is 42.5 Å². The maximum absolute atomic E-state index is 13.4. The van der Waals surface area contributed by atoms with Crippen molar-refractivity contribution in [2.24, 2.45) is 5.92 Å². The quantitative estimate of drug-likeness (QED) is 0.618. The molecule has 6 heteroatoms. The van der Waals surface area contributed by atoms with Crippen LogP contribution in [0.2, 0.25) is 5.02 Å². The summed E-state index contributed by atoms with van der Waals surface area (Å²) in [5.41, 5.74) is 1.05. The highest BCUT2D eigenvalue weighted by atomic mass is 35.5. The molecule has 134 valence electrons. The zero-order chi connectivity index (χ0) is 18.3. The predicted molar refractivity (Wildman–Crippen MR) is 103 cm³/mol. The highest BCUT2D eigenvalue weighted by Crippen LogP contribution is 2.42. The lowest BCUT2D eigenvalue weighted by atomic mass is 10.0. The normalized spacial score (nSPS) is 15.0. The highest BCUT2D eigenvalue weighted by Gasteiger charge is 2.34. The average Bonchev–Trinajstić information content (AvgIpc) is 3.44. The summed E-state index contributed by atoms with van der Waals surface area (Å²) in [6.45, 7) is 0. The Morgan fingerprint density at radius 1 is 1.27 bits per heavy atom. The molecule has 4 rings (SSSR count). The molecule has 1 unspecified atom stereocenters. The molecule has 1 heterocycles. The number of thiophene rings is 1. The van der Waals surface area contributed by atoms with Gasteiger partial charge in [-0.15, -0.1) is 11.3 Å². The fraction of sp³-hybridized carbons (Fsp3) is 0.250. The lowest BCUT2D eigenvalue weighted by Crippen LogP contribution is -2.29. The minimum atomic E-state index is -0.337. The van der Waals surface area contributed by atoms with Crippen molar-refractivity contribution in [2.75, 3.05) is 7.11 Å². The first-order chi connectivity index (χ1) is 12.6. The van der Waals surface area contributed by atoms with Crippen LogP contribution < -0.4 is 10.1 Å². The van der Waals surface area contributed by atoms with Crippen molar-refractivity contribution in [3.05, 3.63) is 63.7 Å². The van der Waals surface area contributed by atoms with E-state index < -0.39 is 0 Å². The maximum atomic E-state index is 13.4. The molecular weight excluding hydrogens is 373 g/mol. The third-order valence-corrected chi connectivity index (χ3v) is 6.31. The Labute approximate surface area is 159 Å². The van der Waals surface area contributed by atoms with Gasteiger partial charge in [0.05, 0.1) is 18.2 Å². The number of carbonyl (C=O) groups is 1. The number of ether oxygens (including phenoxy) is 1.